The molecular formula is C24H37Cl3N6. The van der Waals surface area contributed by atoms with Crippen LogP contribution in [0.15, 0.2) is 36.7 Å². The highest BCUT2D eigenvalue weighted by molar-refractivity contribution is 6.30. The van der Waals surface area contributed by atoms with Crippen LogP contribution < -0.4 is 5.32 Å². The van der Waals surface area contributed by atoms with Crippen LogP contribution in [0.5, 0.6) is 0 Å². The van der Waals surface area contributed by atoms with Gasteiger partial charge in [-0.2, -0.15) is 0 Å². The van der Waals surface area contributed by atoms with Crippen molar-refractivity contribution in [1.29, 1.82) is 0 Å². The summed E-state index contributed by atoms with van der Waals surface area (Å²) in [5.41, 5.74) is 2.09. The first kappa shape index (κ1) is 28.2. The van der Waals surface area contributed by atoms with Crippen molar-refractivity contribution >= 4 is 34.8 Å². The third-order valence-corrected chi connectivity index (χ3v) is 6.41. The maximum Gasteiger partial charge on any atom is 0.129 e. The molecule has 0 atom stereocenters. The fourth-order valence-corrected chi connectivity index (χ4v) is 3.92. The van der Waals surface area contributed by atoms with Gasteiger partial charge in [-0.25, -0.2) is 4.98 Å². The Balaban J connectivity index is 0.000000192. The molecule has 2 saturated heterocycles. The molecule has 4 rings (SSSR count). The first-order valence-corrected chi connectivity index (χ1v) is 13.0. The molecule has 0 aliphatic carbocycles. The number of aromatic nitrogens is 2. The lowest BCUT2D eigenvalue weighted by Gasteiger charge is -2.33. The maximum absolute atomic E-state index is 5.76. The summed E-state index contributed by atoms with van der Waals surface area (Å²) in [6.45, 7) is 17.3. The number of pyridine rings is 2. The Morgan fingerprint density at radius 3 is 1.91 bits per heavy atom. The highest BCUT2D eigenvalue weighted by Gasteiger charge is 2.15. The van der Waals surface area contributed by atoms with Crippen molar-refractivity contribution in [3.8, 4) is 0 Å². The molecule has 0 spiro atoms. The van der Waals surface area contributed by atoms with E-state index in [1.165, 1.54) is 51.4 Å². The van der Waals surface area contributed by atoms with E-state index in [0.29, 0.717) is 16.1 Å². The van der Waals surface area contributed by atoms with Gasteiger partial charge in [0.2, 0.25) is 0 Å². The van der Waals surface area contributed by atoms with Gasteiger partial charge in [0.1, 0.15) is 5.15 Å². The van der Waals surface area contributed by atoms with Gasteiger partial charge in [-0.05, 0) is 36.9 Å². The highest BCUT2D eigenvalue weighted by atomic mass is 35.5. The summed E-state index contributed by atoms with van der Waals surface area (Å²) in [6, 6.07) is 7.49. The van der Waals surface area contributed by atoms with Crippen LogP contribution in [0.25, 0.3) is 0 Å². The van der Waals surface area contributed by atoms with Crippen molar-refractivity contribution in [2.45, 2.75) is 26.3 Å². The van der Waals surface area contributed by atoms with Crippen molar-refractivity contribution in [2.75, 3.05) is 65.4 Å². The van der Waals surface area contributed by atoms with Crippen LogP contribution in [0.4, 0.5) is 0 Å². The minimum absolute atomic E-state index is 0.442. The molecule has 184 valence electrons. The van der Waals surface area contributed by atoms with E-state index in [9.17, 15) is 0 Å². The number of piperazine rings is 2. The molecule has 0 unspecified atom stereocenters. The van der Waals surface area contributed by atoms with Crippen molar-refractivity contribution < 1.29 is 0 Å². The Labute approximate surface area is 214 Å². The normalized spacial score (nSPS) is 17.5. The van der Waals surface area contributed by atoms with Gasteiger partial charge in [-0.3, -0.25) is 9.88 Å². The number of alkyl halides is 1. The monoisotopic (exact) mass is 514 g/mol. The van der Waals surface area contributed by atoms with E-state index in [0.717, 1.165) is 31.9 Å². The molecule has 6 nitrogen and oxygen atoms in total. The largest absolute Gasteiger partial charge is 0.314 e. The third kappa shape index (κ3) is 11.8. The van der Waals surface area contributed by atoms with Gasteiger partial charge in [-0.1, -0.05) is 43.1 Å². The SMILES string of the molecule is CCN1CCN(Cc2ccc(Cl)nc2)CC1.CCN1CCNCC1.ClCc1ccc(Cl)cn1. The summed E-state index contributed by atoms with van der Waals surface area (Å²) in [7, 11) is 0. The molecule has 9 heteroatoms. The smallest absolute Gasteiger partial charge is 0.129 e. The van der Waals surface area contributed by atoms with E-state index in [4.69, 9.17) is 34.8 Å². The molecule has 4 heterocycles. The first-order valence-electron chi connectivity index (χ1n) is 11.7. The summed E-state index contributed by atoms with van der Waals surface area (Å²) in [5.74, 6) is 0.442. The van der Waals surface area contributed by atoms with Crippen molar-refractivity contribution in [2.24, 2.45) is 0 Å². The Morgan fingerprint density at radius 2 is 1.42 bits per heavy atom. The van der Waals surface area contributed by atoms with Gasteiger partial charge in [0.15, 0.2) is 0 Å². The van der Waals surface area contributed by atoms with Crippen LogP contribution in [0.1, 0.15) is 25.1 Å². The second-order valence-electron chi connectivity index (χ2n) is 7.99. The standard InChI is InChI=1S/C12H18ClN3.C6H5Cl2N.C6H14N2/c1-2-15-5-7-16(8-6-15)10-11-3-4-12(13)14-9-11;7-3-6-2-1-5(8)4-9-6;1-2-8-5-3-7-4-6-8/h3-4,9H,2,5-8,10H2,1H3;1-2,4H,3H2;7H,2-6H2,1H3. The summed E-state index contributed by atoms with van der Waals surface area (Å²) >= 11 is 16.8. The van der Waals surface area contributed by atoms with Crippen LogP contribution in [-0.2, 0) is 12.4 Å². The summed E-state index contributed by atoms with van der Waals surface area (Å²) < 4.78 is 0. The van der Waals surface area contributed by atoms with Crippen LogP contribution in [0.3, 0.4) is 0 Å². The Kier molecular flexibility index (Phi) is 14.2. The molecule has 0 amide bonds. The van der Waals surface area contributed by atoms with E-state index in [-0.39, 0.29) is 0 Å². The number of hydrogen-bond acceptors (Lipinski definition) is 6. The molecule has 2 aromatic heterocycles. The zero-order valence-electron chi connectivity index (χ0n) is 19.8. The average Bonchev–Trinajstić information content (AvgIpc) is 2.88. The molecule has 33 heavy (non-hydrogen) atoms. The molecule has 2 fully saturated rings. The molecule has 0 aromatic carbocycles. The lowest BCUT2D eigenvalue weighted by atomic mass is 10.2. The van der Waals surface area contributed by atoms with Gasteiger partial charge >= 0.3 is 0 Å². The summed E-state index contributed by atoms with van der Waals surface area (Å²) in [6.07, 6.45) is 3.45. The zero-order valence-corrected chi connectivity index (χ0v) is 22.1. The van der Waals surface area contributed by atoms with Crippen LogP contribution >= 0.6 is 34.8 Å². The molecule has 0 saturated carbocycles. The second-order valence-corrected chi connectivity index (χ2v) is 9.08. The Hall–Kier alpha value is -0.990. The molecule has 2 aliphatic rings. The first-order chi connectivity index (χ1) is 16.0. The molecular weight excluding hydrogens is 479 g/mol. The fraction of sp³-hybridized carbons (Fsp3) is 0.583. The molecule has 1 N–H and O–H groups in total. The van der Waals surface area contributed by atoms with Crippen LogP contribution in [0.2, 0.25) is 10.2 Å². The Bertz CT molecular complexity index is 746. The second kappa shape index (κ2) is 16.6. The highest BCUT2D eigenvalue weighted by Crippen LogP contribution is 2.10. The number of likely N-dealkylation sites (N-methyl/N-ethyl adjacent to an activating group) is 2. The number of rotatable bonds is 5. The molecule has 0 radical (unpaired) electrons. The van der Waals surface area contributed by atoms with Gasteiger partial charge in [-0.15, -0.1) is 11.6 Å². The van der Waals surface area contributed by atoms with Gasteiger partial charge in [0, 0.05) is 71.3 Å². The van der Waals surface area contributed by atoms with Crippen molar-refractivity contribution in [3.63, 3.8) is 0 Å². The number of nitrogens with one attached hydrogen (secondary N) is 1. The van der Waals surface area contributed by atoms with E-state index < -0.39 is 0 Å². The van der Waals surface area contributed by atoms with Gasteiger partial charge < -0.3 is 15.1 Å². The minimum atomic E-state index is 0.442. The van der Waals surface area contributed by atoms with E-state index in [1.54, 1.807) is 18.3 Å². The maximum atomic E-state index is 5.76. The van der Waals surface area contributed by atoms with Gasteiger partial charge in [0.05, 0.1) is 16.6 Å². The van der Waals surface area contributed by atoms with E-state index in [1.807, 2.05) is 12.3 Å². The number of halogens is 3. The Morgan fingerprint density at radius 1 is 0.788 bits per heavy atom. The van der Waals surface area contributed by atoms with E-state index in [2.05, 4.69) is 49.9 Å². The minimum Gasteiger partial charge on any atom is -0.314 e. The van der Waals surface area contributed by atoms with Crippen molar-refractivity contribution in [3.05, 3.63) is 58.1 Å². The van der Waals surface area contributed by atoms with Gasteiger partial charge in [0.25, 0.3) is 0 Å². The molecule has 0 bridgehead atoms. The van der Waals surface area contributed by atoms with Crippen molar-refractivity contribution in [1.82, 2.24) is 30.0 Å². The third-order valence-electron chi connectivity index (χ3n) is 5.69. The summed E-state index contributed by atoms with van der Waals surface area (Å²) in [4.78, 5) is 15.4. The number of hydrogen-bond donors (Lipinski definition) is 1. The quantitative estimate of drug-likeness (QED) is 0.474. The lowest BCUT2D eigenvalue weighted by molar-refractivity contribution is 0.132. The molecule has 2 aliphatic heterocycles. The van der Waals surface area contributed by atoms with Crippen LogP contribution in [-0.4, -0.2) is 90.1 Å². The topological polar surface area (TPSA) is 47.5 Å². The zero-order chi connectivity index (χ0) is 23.9. The lowest BCUT2D eigenvalue weighted by Crippen LogP contribution is -2.45. The summed E-state index contributed by atoms with van der Waals surface area (Å²) in [5, 5.41) is 4.52. The average molecular weight is 516 g/mol. The fourth-order valence-electron chi connectivity index (χ4n) is 3.53. The van der Waals surface area contributed by atoms with Crippen LogP contribution in [0, 0.1) is 0 Å². The number of nitrogens with zero attached hydrogens (tertiary/aromatic N) is 5. The predicted molar refractivity (Wildman–Crippen MR) is 140 cm³/mol. The van der Waals surface area contributed by atoms with E-state index >= 15 is 0 Å². The molecule has 2 aromatic rings. The predicted octanol–water partition coefficient (Wildman–Crippen LogP) is 4.26.